The van der Waals surface area contributed by atoms with Crippen LogP contribution < -0.4 is 4.74 Å². The molecule has 1 aliphatic heterocycles. The molecule has 126 valence electrons. The van der Waals surface area contributed by atoms with Gasteiger partial charge in [0, 0.05) is 0 Å². The summed E-state index contributed by atoms with van der Waals surface area (Å²) in [6, 6.07) is 19.1. The number of aromatic hydroxyl groups is 3. The lowest BCUT2D eigenvalue weighted by molar-refractivity contribution is 0.190. The van der Waals surface area contributed by atoms with E-state index in [1.807, 2.05) is 24.3 Å². The van der Waals surface area contributed by atoms with Crippen molar-refractivity contribution in [2.45, 2.75) is 16.2 Å². The molecule has 3 aromatic rings. The third kappa shape index (κ3) is 3.10. The maximum absolute atomic E-state index is 9.77. The van der Waals surface area contributed by atoms with Crippen molar-refractivity contribution in [2.75, 3.05) is 0 Å². The van der Waals surface area contributed by atoms with E-state index in [9.17, 15) is 15.3 Å². The van der Waals surface area contributed by atoms with Crippen LogP contribution in [0, 0.1) is 0 Å². The lowest BCUT2D eigenvalue weighted by Crippen LogP contribution is -2.19. The number of ether oxygens (including phenoxy) is 1. The molecular weight excluding hydrogens is 336 g/mol. The normalized spacial score (nSPS) is 19.0. The van der Waals surface area contributed by atoms with E-state index in [4.69, 9.17) is 4.74 Å². The van der Waals surface area contributed by atoms with Crippen molar-refractivity contribution in [3.05, 3.63) is 77.9 Å². The number of benzene rings is 3. The van der Waals surface area contributed by atoms with Gasteiger partial charge in [0.25, 0.3) is 0 Å². The first-order valence-electron chi connectivity index (χ1n) is 7.84. The Morgan fingerprint density at radius 3 is 1.88 bits per heavy atom. The van der Waals surface area contributed by atoms with Gasteiger partial charge in [0.05, 0.1) is 10.1 Å². The number of hydrogen-bond donors (Lipinski definition) is 3. The topological polar surface area (TPSA) is 69.9 Å². The Hall–Kier alpha value is -2.79. The summed E-state index contributed by atoms with van der Waals surface area (Å²) >= 11 is 1.61. The molecule has 0 radical (unpaired) electrons. The van der Waals surface area contributed by atoms with E-state index in [0.29, 0.717) is 0 Å². The fourth-order valence-corrected chi connectivity index (χ4v) is 4.22. The van der Waals surface area contributed by atoms with Crippen LogP contribution in [-0.2, 0) is 0 Å². The van der Waals surface area contributed by atoms with Crippen LogP contribution in [-0.4, -0.2) is 15.3 Å². The van der Waals surface area contributed by atoms with Gasteiger partial charge in [-0.3, -0.25) is 0 Å². The molecule has 0 fully saturated rings. The Kier molecular flexibility index (Phi) is 3.93. The highest BCUT2D eigenvalue weighted by atomic mass is 32.2. The molecule has 4 nitrogen and oxygen atoms in total. The van der Waals surface area contributed by atoms with E-state index < -0.39 is 0 Å². The standard InChI is InChI=1S/C20H16O4S/c21-14-5-1-12(2-6-14)19-20(13-3-7-15(22)8-4-13)25-18-11-16(23)9-10-17(18)24-19/h1-11,19-23H. The van der Waals surface area contributed by atoms with Gasteiger partial charge in [-0.2, -0.15) is 0 Å². The van der Waals surface area contributed by atoms with E-state index in [1.54, 1.807) is 54.2 Å². The lowest BCUT2D eigenvalue weighted by Gasteiger charge is -2.34. The molecule has 1 heterocycles. The largest absolute Gasteiger partial charge is 0.508 e. The number of phenols is 3. The highest BCUT2D eigenvalue weighted by Gasteiger charge is 2.33. The number of rotatable bonds is 2. The Morgan fingerprint density at radius 1 is 0.680 bits per heavy atom. The van der Waals surface area contributed by atoms with E-state index >= 15 is 0 Å². The summed E-state index contributed by atoms with van der Waals surface area (Å²) < 4.78 is 6.23. The summed E-state index contributed by atoms with van der Waals surface area (Å²) in [5.74, 6) is 1.33. The van der Waals surface area contributed by atoms with Crippen molar-refractivity contribution in [2.24, 2.45) is 0 Å². The Balaban J connectivity index is 1.78. The first kappa shape index (κ1) is 15.7. The number of phenolic OH excluding ortho intramolecular Hbond substituents is 3. The van der Waals surface area contributed by atoms with E-state index in [1.165, 1.54) is 0 Å². The smallest absolute Gasteiger partial charge is 0.140 e. The quantitative estimate of drug-likeness (QED) is 0.620. The van der Waals surface area contributed by atoms with Gasteiger partial charge in [-0.05, 0) is 53.6 Å². The average Bonchev–Trinajstić information content (AvgIpc) is 2.62. The molecule has 0 spiro atoms. The van der Waals surface area contributed by atoms with Gasteiger partial charge in [-0.15, -0.1) is 11.8 Å². The molecule has 1 aliphatic rings. The summed E-state index contributed by atoms with van der Waals surface area (Å²) in [7, 11) is 0. The number of hydrogen-bond acceptors (Lipinski definition) is 5. The fraction of sp³-hybridized carbons (Fsp3) is 0.100. The molecule has 4 rings (SSSR count). The predicted molar refractivity (Wildman–Crippen MR) is 96.3 cm³/mol. The molecule has 2 atom stereocenters. The fourth-order valence-electron chi connectivity index (χ4n) is 2.90. The van der Waals surface area contributed by atoms with Crippen LogP contribution in [0.3, 0.4) is 0 Å². The summed E-state index contributed by atoms with van der Waals surface area (Å²) in [6.07, 6.45) is -0.257. The highest BCUT2D eigenvalue weighted by Crippen LogP contribution is 2.53. The molecule has 5 heteroatoms. The van der Waals surface area contributed by atoms with Crippen molar-refractivity contribution in [3.63, 3.8) is 0 Å². The lowest BCUT2D eigenvalue weighted by atomic mass is 10.00. The van der Waals surface area contributed by atoms with Crippen LogP contribution in [0.1, 0.15) is 22.5 Å². The van der Waals surface area contributed by atoms with Gasteiger partial charge >= 0.3 is 0 Å². The third-order valence-corrected chi connectivity index (χ3v) is 5.50. The zero-order valence-electron chi connectivity index (χ0n) is 13.2. The van der Waals surface area contributed by atoms with E-state index in [0.717, 1.165) is 21.8 Å². The van der Waals surface area contributed by atoms with Crippen molar-refractivity contribution in [1.82, 2.24) is 0 Å². The van der Waals surface area contributed by atoms with Gasteiger partial charge in [0.1, 0.15) is 29.1 Å². The zero-order valence-corrected chi connectivity index (χ0v) is 14.0. The van der Waals surface area contributed by atoms with Gasteiger partial charge in [0.2, 0.25) is 0 Å². The van der Waals surface area contributed by atoms with Gasteiger partial charge in [-0.25, -0.2) is 0 Å². The SMILES string of the molecule is Oc1ccc(C2Oc3ccc(O)cc3SC2c2ccc(O)cc2)cc1. The minimum atomic E-state index is -0.257. The molecule has 0 saturated heterocycles. The highest BCUT2D eigenvalue weighted by molar-refractivity contribution is 7.99. The Morgan fingerprint density at radius 2 is 1.24 bits per heavy atom. The monoisotopic (exact) mass is 352 g/mol. The molecule has 0 aliphatic carbocycles. The van der Waals surface area contributed by atoms with E-state index in [2.05, 4.69) is 0 Å². The molecule has 2 unspecified atom stereocenters. The number of thioether (sulfide) groups is 1. The van der Waals surface area contributed by atoms with Crippen molar-refractivity contribution < 1.29 is 20.1 Å². The second kappa shape index (κ2) is 6.26. The molecule has 25 heavy (non-hydrogen) atoms. The van der Waals surface area contributed by atoms with E-state index in [-0.39, 0.29) is 28.6 Å². The minimum Gasteiger partial charge on any atom is -0.508 e. The first-order valence-corrected chi connectivity index (χ1v) is 8.72. The second-order valence-electron chi connectivity index (χ2n) is 5.89. The predicted octanol–water partition coefficient (Wildman–Crippen LogP) is 4.77. The molecule has 0 aromatic heterocycles. The van der Waals surface area contributed by atoms with Gasteiger partial charge < -0.3 is 20.1 Å². The molecular formula is C20H16O4S. The molecule has 3 aromatic carbocycles. The molecule has 0 bridgehead atoms. The first-order chi connectivity index (χ1) is 12.1. The van der Waals surface area contributed by atoms with Crippen molar-refractivity contribution in [3.8, 4) is 23.0 Å². The van der Waals surface area contributed by atoms with Crippen LogP contribution in [0.4, 0.5) is 0 Å². The van der Waals surface area contributed by atoms with Gasteiger partial charge in [-0.1, -0.05) is 24.3 Å². The third-order valence-electron chi connectivity index (χ3n) is 4.15. The molecule has 3 N–H and O–H groups in total. The summed E-state index contributed by atoms with van der Waals surface area (Å²) in [6.45, 7) is 0. The van der Waals surface area contributed by atoms with Crippen LogP contribution in [0.2, 0.25) is 0 Å². The molecule has 0 amide bonds. The Bertz CT molecular complexity index is 891. The van der Waals surface area contributed by atoms with Crippen LogP contribution in [0.15, 0.2) is 71.6 Å². The number of fused-ring (bicyclic) bond motifs is 1. The molecule has 0 saturated carbocycles. The van der Waals surface area contributed by atoms with Crippen LogP contribution >= 0.6 is 11.8 Å². The van der Waals surface area contributed by atoms with Crippen LogP contribution in [0.25, 0.3) is 0 Å². The maximum atomic E-state index is 9.77. The summed E-state index contributed by atoms with van der Waals surface area (Å²) in [4.78, 5) is 0.869. The summed E-state index contributed by atoms with van der Waals surface area (Å²) in [5.41, 5.74) is 1.96. The maximum Gasteiger partial charge on any atom is 0.140 e. The van der Waals surface area contributed by atoms with Crippen molar-refractivity contribution in [1.29, 1.82) is 0 Å². The van der Waals surface area contributed by atoms with Gasteiger partial charge in [0.15, 0.2) is 0 Å². The summed E-state index contributed by atoms with van der Waals surface area (Å²) in [5, 5.41) is 28.8. The van der Waals surface area contributed by atoms with Crippen LogP contribution in [0.5, 0.6) is 23.0 Å². The zero-order chi connectivity index (χ0) is 17.4. The Labute approximate surface area is 149 Å². The average molecular weight is 352 g/mol. The second-order valence-corrected chi connectivity index (χ2v) is 7.07. The minimum absolute atomic E-state index is 0.0561. The van der Waals surface area contributed by atoms with Crippen molar-refractivity contribution >= 4 is 11.8 Å².